The fourth-order valence-electron chi connectivity index (χ4n) is 2.50. The molecule has 0 heterocycles. The number of amides is 1. The highest BCUT2D eigenvalue weighted by Crippen LogP contribution is 2.23. The van der Waals surface area contributed by atoms with Crippen molar-refractivity contribution in [2.45, 2.75) is 31.7 Å². The molecule has 19 heavy (non-hydrogen) atoms. The standard InChI is InChI=1S/C14H19N3O2/c1-17(12-4-2-3-5-12)14(18)11-8-6-10(7-9-11)13(15)16-19/h6-9,12,19H,2-5H2,1H3,(H2,15,16). The molecule has 1 aliphatic carbocycles. The molecule has 0 spiro atoms. The molecule has 1 aliphatic rings. The molecule has 0 bridgehead atoms. The summed E-state index contributed by atoms with van der Waals surface area (Å²) in [5, 5.41) is 11.5. The van der Waals surface area contributed by atoms with E-state index in [4.69, 9.17) is 10.9 Å². The van der Waals surface area contributed by atoms with Crippen molar-refractivity contribution in [3.8, 4) is 0 Å². The largest absolute Gasteiger partial charge is 0.409 e. The lowest BCUT2D eigenvalue weighted by Crippen LogP contribution is -2.35. The van der Waals surface area contributed by atoms with E-state index in [1.54, 1.807) is 24.3 Å². The van der Waals surface area contributed by atoms with Crippen molar-refractivity contribution in [3.05, 3.63) is 35.4 Å². The number of hydrogen-bond acceptors (Lipinski definition) is 3. The summed E-state index contributed by atoms with van der Waals surface area (Å²) in [6.45, 7) is 0. The monoisotopic (exact) mass is 261 g/mol. The van der Waals surface area contributed by atoms with Crippen molar-refractivity contribution in [3.63, 3.8) is 0 Å². The molecule has 1 fully saturated rings. The number of amidine groups is 1. The van der Waals surface area contributed by atoms with E-state index in [0.29, 0.717) is 17.2 Å². The highest BCUT2D eigenvalue weighted by molar-refractivity contribution is 5.99. The van der Waals surface area contributed by atoms with E-state index in [0.717, 1.165) is 12.8 Å². The molecule has 1 aromatic carbocycles. The third-order valence-electron chi connectivity index (χ3n) is 3.73. The highest BCUT2D eigenvalue weighted by Gasteiger charge is 2.24. The second-order valence-electron chi connectivity index (χ2n) is 4.92. The molecule has 0 aliphatic heterocycles. The molecular weight excluding hydrogens is 242 g/mol. The van der Waals surface area contributed by atoms with Gasteiger partial charge in [-0.15, -0.1) is 0 Å². The Labute approximate surface area is 112 Å². The van der Waals surface area contributed by atoms with Crippen LogP contribution in [0.5, 0.6) is 0 Å². The maximum atomic E-state index is 12.3. The predicted octanol–water partition coefficient (Wildman–Crippen LogP) is 1.80. The van der Waals surface area contributed by atoms with Crippen LogP contribution in [0.2, 0.25) is 0 Å². The maximum Gasteiger partial charge on any atom is 0.253 e. The normalized spacial score (nSPS) is 16.6. The molecule has 1 amide bonds. The van der Waals surface area contributed by atoms with Gasteiger partial charge in [-0.1, -0.05) is 30.1 Å². The molecule has 0 aromatic heterocycles. The van der Waals surface area contributed by atoms with Gasteiger partial charge in [0.2, 0.25) is 0 Å². The fourth-order valence-corrected chi connectivity index (χ4v) is 2.50. The summed E-state index contributed by atoms with van der Waals surface area (Å²) in [6, 6.07) is 7.15. The van der Waals surface area contributed by atoms with Gasteiger partial charge in [-0.25, -0.2) is 0 Å². The molecule has 0 radical (unpaired) electrons. The summed E-state index contributed by atoms with van der Waals surface area (Å²) in [7, 11) is 1.86. The number of oxime groups is 1. The van der Waals surface area contributed by atoms with Crippen molar-refractivity contribution in [2.75, 3.05) is 7.05 Å². The Balaban J connectivity index is 2.11. The van der Waals surface area contributed by atoms with Gasteiger partial charge in [0.25, 0.3) is 5.91 Å². The summed E-state index contributed by atoms with van der Waals surface area (Å²) in [4.78, 5) is 14.1. The number of benzene rings is 1. The minimum absolute atomic E-state index is 0.0259. The second kappa shape index (κ2) is 5.73. The number of carbonyl (C=O) groups excluding carboxylic acids is 1. The van der Waals surface area contributed by atoms with Crippen molar-refractivity contribution < 1.29 is 10.0 Å². The van der Waals surface area contributed by atoms with Crippen LogP contribution in [-0.4, -0.2) is 34.9 Å². The van der Waals surface area contributed by atoms with Crippen molar-refractivity contribution in [2.24, 2.45) is 10.9 Å². The SMILES string of the molecule is CN(C(=O)c1ccc(/C(N)=N/O)cc1)C1CCCC1. The van der Waals surface area contributed by atoms with E-state index >= 15 is 0 Å². The Morgan fingerprint density at radius 3 is 2.32 bits per heavy atom. The second-order valence-corrected chi connectivity index (χ2v) is 4.92. The van der Waals surface area contributed by atoms with E-state index in [-0.39, 0.29) is 11.7 Å². The topological polar surface area (TPSA) is 78.9 Å². The Hall–Kier alpha value is -2.04. The average Bonchev–Trinajstić information content (AvgIpc) is 2.99. The number of hydrogen-bond donors (Lipinski definition) is 2. The van der Waals surface area contributed by atoms with Crippen LogP contribution in [0.15, 0.2) is 29.4 Å². The van der Waals surface area contributed by atoms with Gasteiger partial charge in [0.05, 0.1) is 0 Å². The van der Waals surface area contributed by atoms with Gasteiger partial charge < -0.3 is 15.8 Å². The van der Waals surface area contributed by atoms with Gasteiger partial charge >= 0.3 is 0 Å². The summed E-state index contributed by atoms with van der Waals surface area (Å²) in [5.41, 5.74) is 6.71. The van der Waals surface area contributed by atoms with Crippen molar-refractivity contribution in [1.29, 1.82) is 0 Å². The zero-order valence-electron chi connectivity index (χ0n) is 11.0. The van der Waals surface area contributed by atoms with E-state index in [9.17, 15) is 4.79 Å². The van der Waals surface area contributed by atoms with Crippen LogP contribution in [0.25, 0.3) is 0 Å². The smallest absolute Gasteiger partial charge is 0.253 e. The van der Waals surface area contributed by atoms with Crippen LogP contribution >= 0.6 is 0 Å². The quantitative estimate of drug-likeness (QED) is 0.377. The first-order valence-electron chi connectivity index (χ1n) is 6.48. The zero-order chi connectivity index (χ0) is 13.8. The Bertz CT molecular complexity index is 476. The van der Waals surface area contributed by atoms with Crippen LogP contribution in [0.1, 0.15) is 41.6 Å². The van der Waals surface area contributed by atoms with Crippen LogP contribution in [-0.2, 0) is 0 Å². The molecule has 0 unspecified atom stereocenters. The molecule has 5 heteroatoms. The van der Waals surface area contributed by atoms with Crippen molar-refractivity contribution >= 4 is 11.7 Å². The Kier molecular flexibility index (Phi) is 4.04. The van der Waals surface area contributed by atoms with E-state index in [2.05, 4.69) is 5.16 Å². The minimum Gasteiger partial charge on any atom is -0.409 e. The Morgan fingerprint density at radius 1 is 1.26 bits per heavy atom. The average molecular weight is 261 g/mol. The van der Waals surface area contributed by atoms with Gasteiger partial charge in [-0.3, -0.25) is 4.79 Å². The van der Waals surface area contributed by atoms with E-state index in [1.807, 2.05) is 11.9 Å². The Morgan fingerprint density at radius 2 is 1.79 bits per heavy atom. The number of carbonyl (C=O) groups is 1. The first kappa shape index (κ1) is 13.4. The van der Waals surface area contributed by atoms with Gasteiger partial charge in [0, 0.05) is 24.2 Å². The molecule has 0 saturated heterocycles. The summed E-state index contributed by atoms with van der Waals surface area (Å²) >= 11 is 0. The molecule has 5 nitrogen and oxygen atoms in total. The number of rotatable bonds is 3. The van der Waals surface area contributed by atoms with Crippen molar-refractivity contribution in [1.82, 2.24) is 4.90 Å². The van der Waals surface area contributed by atoms with Crippen LogP contribution in [0.3, 0.4) is 0 Å². The molecule has 1 aromatic rings. The van der Waals surface area contributed by atoms with Crippen LogP contribution < -0.4 is 5.73 Å². The third kappa shape index (κ3) is 2.86. The third-order valence-corrected chi connectivity index (χ3v) is 3.73. The molecule has 0 atom stereocenters. The van der Waals surface area contributed by atoms with Gasteiger partial charge in [-0.2, -0.15) is 0 Å². The van der Waals surface area contributed by atoms with E-state index < -0.39 is 0 Å². The molecule has 1 saturated carbocycles. The number of nitrogens with two attached hydrogens (primary N) is 1. The number of nitrogens with zero attached hydrogens (tertiary/aromatic N) is 2. The fraction of sp³-hybridized carbons (Fsp3) is 0.429. The van der Waals surface area contributed by atoms with Gasteiger partial charge in [0.15, 0.2) is 5.84 Å². The lowest BCUT2D eigenvalue weighted by atomic mass is 10.1. The lowest BCUT2D eigenvalue weighted by Gasteiger charge is -2.24. The highest BCUT2D eigenvalue weighted by atomic mass is 16.4. The minimum atomic E-state index is 0.0259. The zero-order valence-corrected chi connectivity index (χ0v) is 11.0. The summed E-state index contributed by atoms with van der Waals surface area (Å²) in [5.74, 6) is 0.0705. The first-order valence-corrected chi connectivity index (χ1v) is 6.48. The summed E-state index contributed by atoms with van der Waals surface area (Å²) < 4.78 is 0. The lowest BCUT2D eigenvalue weighted by molar-refractivity contribution is 0.0735. The maximum absolute atomic E-state index is 12.3. The molecule has 2 rings (SSSR count). The molecule has 102 valence electrons. The van der Waals surface area contributed by atoms with Crippen LogP contribution in [0.4, 0.5) is 0 Å². The van der Waals surface area contributed by atoms with Crippen LogP contribution in [0, 0.1) is 0 Å². The predicted molar refractivity (Wildman–Crippen MR) is 73.3 cm³/mol. The molecular formula is C14H19N3O2. The first-order chi connectivity index (χ1) is 9.13. The molecule has 3 N–H and O–H groups in total. The van der Waals surface area contributed by atoms with E-state index in [1.165, 1.54) is 12.8 Å². The summed E-state index contributed by atoms with van der Waals surface area (Å²) in [6.07, 6.45) is 4.57. The van der Waals surface area contributed by atoms with Gasteiger partial charge in [0.1, 0.15) is 0 Å². The van der Waals surface area contributed by atoms with Gasteiger partial charge in [-0.05, 0) is 25.0 Å².